The van der Waals surface area contributed by atoms with Crippen LogP contribution in [0.4, 0.5) is 0 Å². The average molecular weight is 207 g/mol. The minimum atomic E-state index is -2.77. The summed E-state index contributed by atoms with van der Waals surface area (Å²) in [4.78, 5) is 0. The maximum atomic E-state index is 11.2. The molecule has 0 aliphatic heterocycles. The van der Waals surface area contributed by atoms with E-state index in [4.69, 9.17) is 0 Å². The van der Waals surface area contributed by atoms with Gasteiger partial charge in [0.15, 0.2) is 0 Å². The summed E-state index contributed by atoms with van der Waals surface area (Å²) < 4.78 is 22.5. The molecule has 0 bridgehead atoms. The standard InChI is InChI=1S/C9H21NO2S/c1-4-7-13(11,12)8-5-6-10-9(2)3/h9-10H,4-8H2,1-3H3. The van der Waals surface area contributed by atoms with Gasteiger partial charge in [0, 0.05) is 11.8 Å². The summed E-state index contributed by atoms with van der Waals surface area (Å²) >= 11 is 0. The van der Waals surface area contributed by atoms with E-state index in [9.17, 15) is 8.42 Å². The zero-order valence-electron chi connectivity index (χ0n) is 8.84. The van der Waals surface area contributed by atoms with Crippen LogP contribution < -0.4 is 5.32 Å². The van der Waals surface area contributed by atoms with Crippen molar-refractivity contribution in [2.45, 2.75) is 39.7 Å². The van der Waals surface area contributed by atoms with Crippen LogP contribution in [0.2, 0.25) is 0 Å². The van der Waals surface area contributed by atoms with E-state index in [1.807, 2.05) is 6.92 Å². The molecule has 0 unspecified atom stereocenters. The number of rotatable bonds is 7. The first-order valence-corrected chi connectivity index (χ1v) is 6.74. The molecule has 13 heavy (non-hydrogen) atoms. The van der Waals surface area contributed by atoms with E-state index in [2.05, 4.69) is 19.2 Å². The Hall–Kier alpha value is -0.0900. The SMILES string of the molecule is CCCS(=O)(=O)CCCNC(C)C. The summed E-state index contributed by atoms with van der Waals surface area (Å²) in [5.41, 5.74) is 0. The minimum absolute atomic E-state index is 0.320. The zero-order chi connectivity index (χ0) is 10.3. The second-order valence-electron chi connectivity index (χ2n) is 3.61. The predicted octanol–water partition coefficient (Wildman–Crippen LogP) is 1.20. The Kier molecular flexibility index (Phi) is 6.33. The molecule has 0 rings (SSSR count). The van der Waals surface area contributed by atoms with Crippen LogP contribution in [0.3, 0.4) is 0 Å². The summed E-state index contributed by atoms with van der Waals surface area (Å²) in [6.45, 7) is 6.80. The van der Waals surface area contributed by atoms with Gasteiger partial charge in [0.1, 0.15) is 9.84 Å². The third-order valence-electron chi connectivity index (χ3n) is 1.70. The lowest BCUT2D eigenvalue weighted by atomic mass is 10.4. The topological polar surface area (TPSA) is 46.2 Å². The second kappa shape index (κ2) is 6.38. The Labute approximate surface area is 81.8 Å². The number of hydrogen-bond donors (Lipinski definition) is 1. The van der Waals surface area contributed by atoms with E-state index < -0.39 is 9.84 Å². The van der Waals surface area contributed by atoms with Crippen LogP contribution in [0.1, 0.15) is 33.6 Å². The number of nitrogens with one attached hydrogen (secondary N) is 1. The molecule has 0 atom stereocenters. The molecule has 0 saturated carbocycles. The van der Waals surface area contributed by atoms with Gasteiger partial charge in [-0.2, -0.15) is 0 Å². The molecular weight excluding hydrogens is 186 g/mol. The Morgan fingerprint density at radius 2 is 1.85 bits per heavy atom. The normalized spacial score (nSPS) is 12.3. The molecule has 0 aliphatic rings. The van der Waals surface area contributed by atoms with Gasteiger partial charge >= 0.3 is 0 Å². The molecule has 0 aliphatic carbocycles. The van der Waals surface area contributed by atoms with E-state index in [1.165, 1.54) is 0 Å². The van der Waals surface area contributed by atoms with Gasteiger partial charge in [0.05, 0.1) is 5.75 Å². The lowest BCUT2D eigenvalue weighted by Crippen LogP contribution is -2.25. The smallest absolute Gasteiger partial charge is 0.150 e. The Morgan fingerprint density at radius 1 is 1.23 bits per heavy atom. The molecule has 0 heterocycles. The average Bonchev–Trinajstić information content (AvgIpc) is 1.98. The van der Waals surface area contributed by atoms with Crippen LogP contribution in [-0.4, -0.2) is 32.5 Å². The fourth-order valence-electron chi connectivity index (χ4n) is 1.10. The summed E-state index contributed by atoms with van der Waals surface area (Å²) in [7, 11) is -2.77. The van der Waals surface area contributed by atoms with Crippen molar-refractivity contribution in [1.82, 2.24) is 5.32 Å². The van der Waals surface area contributed by atoms with Crippen molar-refractivity contribution in [3.05, 3.63) is 0 Å². The van der Waals surface area contributed by atoms with Crippen molar-refractivity contribution >= 4 is 9.84 Å². The zero-order valence-corrected chi connectivity index (χ0v) is 9.65. The highest BCUT2D eigenvalue weighted by Gasteiger charge is 2.07. The third kappa shape index (κ3) is 8.25. The van der Waals surface area contributed by atoms with Gasteiger partial charge in [-0.3, -0.25) is 0 Å². The highest BCUT2D eigenvalue weighted by Crippen LogP contribution is 1.96. The van der Waals surface area contributed by atoms with Crippen LogP contribution in [0, 0.1) is 0 Å². The monoisotopic (exact) mass is 207 g/mol. The van der Waals surface area contributed by atoms with Crippen LogP contribution in [0.25, 0.3) is 0 Å². The number of sulfone groups is 1. The molecule has 4 heteroatoms. The van der Waals surface area contributed by atoms with E-state index in [1.54, 1.807) is 0 Å². The van der Waals surface area contributed by atoms with Gasteiger partial charge in [-0.25, -0.2) is 8.42 Å². The first-order chi connectivity index (χ1) is 5.98. The minimum Gasteiger partial charge on any atom is -0.314 e. The largest absolute Gasteiger partial charge is 0.314 e. The molecule has 0 saturated heterocycles. The molecule has 3 nitrogen and oxygen atoms in total. The summed E-state index contributed by atoms with van der Waals surface area (Å²) in [6, 6.07) is 0.439. The molecule has 1 N–H and O–H groups in total. The molecule has 0 fully saturated rings. The quantitative estimate of drug-likeness (QED) is 0.638. The van der Waals surface area contributed by atoms with Crippen molar-refractivity contribution < 1.29 is 8.42 Å². The van der Waals surface area contributed by atoms with Crippen molar-refractivity contribution in [2.75, 3.05) is 18.1 Å². The highest BCUT2D eigenvalue weighted by atomic mass is 32.2. The van der Waals surface area contributed by atoms with Gasteiger partial charge < -0.3 is 5.32 Å². The maximum absolute atomic E-state index is 11.2. The molecule has 0 aromatic heterocycles. The van der Waals surface area contributed by atoms with Gasteiger partial charge in [-0.1, -0.05) is 20.8 Å². The lowest BCUT2D eigenvalue weighted by Gasteiger charge is -2.07. The van der Waals surface area contributed by atoms with Crippen LogP contribution in [-0.2, 0) is 9.84 Å². The van der Waals surface area contributed by atoms with Gasteiger partial charge in [0.2, 0.25) is 0 Å². The maximum Gasteiger partial charge on any atom is 0.150 e. The van der Waals surface area contributed by atoms with Crippen LogP contribution in [0.5, 0.6) is 0 Å². The summed E-state index contributed by atoms with van der Waals surface area (Å²) in [5, 5.41) is 3.20. The van der Waals surface area contributed by atoms with Crippen molar-refractivity contribution in [2.24, 2.45) is 0 Å². The van der Waals surface area contributed by atoms with Gasteiger partial charge in [-0.15, -0.1) is 0 Å². The summed E-state index contributed by atoms with van der Waals surface area (Å²) in [5.74, 6) is 0.648. The Morgan fingerprint density at radius 3 is 2.31 bits per heavy atom. The molecular formula is C9H21NO2S. The van der Waals surface area contributed by atoms with Crippen LogP contribution in [0.15, 0.2) is 0 Å². The molecule has 0 aromatic rings. The molecule has 80 valence electrons. The van der Waals surface area contributed by atoms with Gasteiger partial charge in [-0.05, 0) is 19.4 Å². The number of hydrogen-bond acceptors (Lipinski definition) is 3. The predicted molar refractivity (Wildman–Crippen MR) is 56.7 cm³/mol. The summed E-state index contributed by atoms with van der Waals surface area (Å²) in [6.07, 6.45) is 1.44. The van der Waals surface area contributed by atoms with E-state index in [0.717, 1.165) is 19.4 Å². The van der Waals surface area contributed by atoms with Crippen LogP contribution >= 0.6 is 0 Å². The van der Waals surface area contributed by atoms with E-state index >= 15 is 0 Å². The van der Waals surface area contributed by atoms with E-state index in [0.29, 0.717) is 17.5 Å². The second-order valence-corrected chi connectivity index (χ2v) is 5.92. The molecule has 0 spiro atoms. The molecule has 0 aromatic carbocycles. The lowest BCUT2D eigenvalue weighted by molar-refractivity contribution is 0.568. The van der Waals surface area contributed by atoms with Gasteiger partial charge in [0.25, 0.3) is 0 Å². The van der Waals surface area contributed by atoms with Crippen molar-refractivity contribution in [3.8, 4) is 0 Å². The Balaban J connectivity index is 3.53. The first-order valence-electron chi connectivity index (χ1n) is 4.91. The van der Waals surface area contributed by atoms with E-state index in [-0.39, 0.29) is 0 Å². The fourth-order valence-corrected chi connectivity index (χ4v) is 2.51. The molecule has 0 amide bonds. The fraction of sp³-hybridized carbons (Fsp3) is 1.00. The third-order valence-corrected chi connectivity index (χ3v) is 3.64. The first kappa shape index (κ1) is 12.9. The van der Waals surface area contributed by atoms with Crippen molar-refractivity contribution in [3.63, 3.8) is 0 Å². The Bertz CT molecular complexity index is 210. The highest BCUT2D eigenvalue weighted by molar-refractivity contribution is 7.91. The molecule has 0 radical (unpaired) electrons. The van der Waals surface area contributed by atoms with Crippen molar-refractivity contribution in [1.29, 1.82) is 0 Å².